The van der Waals surface area contributed by atoms with Crippen molar-refractivity contribution < 1.29 is 8.42 Å². The normalized spacial score (nSPS) is 11.5. The second-order valence-corrected chi connectivity index (χ2v) is 6.85. The number of hydrogen-bond acceptors (Lipinski definition) is 4. The lowest BCUT2D eigenvalue weighted by atomic mass is 10.1. The summed E-state index contributed by atoms with van der Waals surface area (Å²) in [6, 6.07) is 8.00. The lowest BCUT2D eigenvalue weighted by molar-refractivity contribution is 0.581. The van der Waals surface area contributed by atoms with Crippen molar-refractivity contribution in [3.8, 4) is 0 Å². The van der Waals surface area contributed by atoms with Crippen molar-refractivity contribution >= 4 is 39.0 Å². The van der Waals surface area contributed by atoms with Crippen LogP contribution in [-0.2, 0) is 16.4 Å². The van der Waals surface area contributed by atoms with E-state index in [2.05, 4.69) is 9.71 Å². The molecular formula is C13H13Cl2N3O2S. The topological polar surface area (TPSA) is 85.1 Å². The van der Waals surface area contributed by atoms with Gasteiger partial charge in [-0.25, -0.2) is 18.1 Å². The Balaban J connectivity index is 2.04. The summed E-state index contributed by atoms with van der Waals surface area (Å²) in [5.74, 6) is -0.0328. The predicted octanol–water partition coefficient (Wildman–Crippen LogP) is 2.49. The molecule has 3 N–H and O–H groups in total. The van der Waals surface area contributed by atoms with Crippen molar-refractivity contribution in [3.63, 3.8) is 0 Å². The minimum atomic E-state index is -3.69. The summed E-state index contributed by atoms with van der Waals surface area (Å²) in [6.07, 6.45) is 1.87. The summed E-state index contributed by atoms with van der Waals surface area (Å²) in [6.45, 7) is 0.192. The zero-order valence-corrected chi connectivity index (χ0v) is 13.2. The molecule has 0 spiro atoms. The fraction of sp³-hybridized carbons (Fsp3) is 0.154. The van der Waals surface area contributed by atoms with Gasteiger partial charge in [0.25, 0.3) is 0 Å². The minimum Gasteiger partial charge on any atom is -0.383 e. The van der Waals surface area contributed by atoms with Crippen LogP contribution < -0.4 is 10.5 Å². The van der Waals surface area contributed by atoms with Gasteiger partial charge in [0.05, 0.1) is 0 Å². The van der Waals surface area contributed by atoms with Crippen LogP contribution in [0.1, 0.15) is 5.56 Å². The van der Waals surface area contributed by atoms with Gasteiger partial charge in [-0.15, -0.1) is 0 Å². The lowest BCUT2D eigenvalue weighted by Gasteiger charge is -2.09. The number of nitrogens with one attached hydrogen (secondary N) is 1. The second-order valence-electron chi connectivity index (χ2n) is 4.27. The number of nitrogens with two attached hydrogens (primary N) is 1. The maximum Gasteiger partial charge on any atom is 0.244 e. The molecule has 0 atom stereocenters. The Labute approximate surface area is 133 Å². The number of pyridine rings is 1. The third-order valence-electron chi connectivity index (χ3n) is 2.79. The first kappa shape index (κ1) is 16.0. The van der Waals surface area contributed by atoms with Gasteiger partial charge in [-0.3, -0.25) is 0 Å². The third kappa shape index (κ3) is 4.07. The zero-order chi connectivity index (χ0) is 15.5. The smallest absolute Gasteiger partial charge is 0.244 e. The molecule has 0 aliphatic carbocycles. The van der Waals surface area contributed by atoms with Crippen molar-refractivity contribution in [1.29, 1.82) is 0 Å². The molecule has 8 heteroatoms. The van der Waals surface area contributed by atoms with E-state index in [1.807, 2.05) is 0 Å². The van der Waals surface area contributed by atoms with Crippen molar-refractivity contribution in [3.05, 3.63) is 52.1 Å². The van der Waals surface area contributed by atoms with Gasteiger partial charge in [0.15, 0.2) is 0 Å². The number of benzene rings is 1. The van der Waals surface area contributed by atoms with Crippen LogP contribution in [0.5, 0.6) is 0 Å². The van der Waals surface area contributed by atoms with E-state index in [-0.39, 0.29) is 17.3 Å². The maximum absolute atomic E-state index is 12.1. The quantitative estimate of drug-likeness (QED) is 0.871. The highest BCUT2D eigenvalue weighted by Gasteiger charge is 2.17. The van der Waals surface area contributed by atoms with E-state index < -0.39 is 10.0 Å². The maximum atomic E-state index is 12.1. The number of aromatic nitrogens is 1. The Morgan fingerprint density at radius 1 is 1.24 bits per heavy atom. The number of rotatable bonds is 5. The summed E-state index contributed by atoms with van der Waals surface area (Å²) < 4.78 is 26.7. The Morgan fingerprint density at radius 2 is 2.00 bits per heavy atom. The summed E-state index contributed by atoms with van der Waals surface area (Å²) >= 11 is 11.8. The Kier molecular flexibility index (Phi) is 5.05. The fourth-order valence-electron chi connectivity index (χ4n) is 1.75. The summed E-state index contributed by atoms with van der Waals surface area (Å²) in [5, 5.41) is 1.04. The molecule has 0 saturated heterocycles. The highest BCUT2D eigenvalue weighted by atomic mass is 35.5. The highest BCUT2D eigenvalue weighted by Crippen LogP contribution is 2.21. The first-order chi connectivity index (χ1) is 9.90. The van der Waals surface area contributed by atoms with Gasteiger partial charge in [-0.1, -0.05) is 29.3 Å². The number of nitrogens with zero attached hydrogens (tertiary/aromatic N) is 1. The molecule has 1 aromatic heterocycles. The monoisotopic (exact) mass is 345 g/mol. The molecule has 0 radical (unpaired) electrons. The minimum absolute atomic E-state index is 0.0328. The number of sulfonamides is 1. The van der Waals surface area contributed by atoms with Gasteiger partial charge in [0, 0.05) is 22.8 Å². The fourth-order valence-corrected chi connectivity index (χ4v) is 3.37. The van der Waals surface area contributed by atoms with Gasteiger partial charge in [0.1, 0.15) is 10.7 Å². The predicted molar refractivity (Wildman–Crippen MR) is 84.0 cm³/mol. The molecule has 0 aliphatic heterocycles. The van der Waals surface area contributed by atoms with Crippen LogP contribution in [0.25, 0.3) is 0 Å². The molecule has 112 valence electrons. The van der Waals surface area contributed by atoms with Gasteiger partial charge in [-0.05, 0) is 36.2 Å². The van der Waals surface area contributed by atoms with Gasteiger partial charge in [-0.2, -0.15) is 0 Å². The lowest BCUT2D eigenvalue weighted by Crippen LogP contribution is -2.27. The first-order valence-corrected chi connectivity index (χ1v) is 8.28. The van der Waals surface area contributed by atoms with Crippen molar-refractivity contribution in [1.82, 2.24) is 9.71 Å². The van der Waals surface area contributed by atoms with Crippen molar-refractivity contribution in [2.24, 2.45) is 0 Å². The van der Waals surface area contributed by atoms with Crippen LogP contribution in [-0.4, -0.2) is 19.9 Å². The standard InChI is InChI=1S/C13H13Cl2N3O2S/c14-10-4-3-9(11(15)8-10)5-7-18-21(19,20)12-2-1-6-17-13(12)16/h1-4,6,8,18H,5,7H2,(H2,16,17). The number of halogens is 2. The summed E-state index contributed by atoms with van der Waals surface area (Å²) in [5.41, 5.74) is 6.37. The first-order valence-electron chi connectivity index (χ1n) is 6.04. The molecule has 0 aliphatic rings. The van der Waals surface area contributed by atoms with Gasteiger partial charge in [0.2, 0.25) is 10.0 Å². The molecule has 2 rings (SSSR count). The molecule has 2 aromatic rings. The Hall–Kier alpha value is -1.34. The van der Waals surface area contributed by atoms with Crippen molar-refractivity contribution in [2.75, 3.05) is 12.3 Å². The molecule has 21 heavy (non-hydrogen) atoms. The van der Waals surface area contributed by atoms with E-state index >= 15 is 0 Å². The Bertz CT molecular complexity index is 751. The highest BCUT2D eigenvalue weighted by molar-refractivity contribution is 7.89. The van der Waals surface area contributed by atoms with Crippen LogP contribution in [0, 0.1) is 0 Å². The molecule has 1 aromatic carbocycles. The molecule has 0 unspecified atom stereocenters. The van der Waals surface area contributed by atoms with Crippen molar-refractivity contribution in [2.45, 2.75) is 11.3 Å². The van der Waals surface area contributed by atoms with Gasteiger partial charge < -0.3 is 5.73 Å². The molecule has 1 heterocycles. The van der Waals surface area contributed by atoms with E-state index in [9.17, 15) is 8.42 Å². The van der Waals surface area contributed by atoms with Gasteiger partial charge >= 0.3 is 0 Å². The zero-order valence-electron chi connectivity index (χ0n) is 10.9. The SMILES string of the molecule is Nc1ncccc1S(=O)(=O)NCCc1ccc(Cl)cc1Cl. The van der Waals surface area contributed by atoms with E-state index in [0.29, 0.717) is 16.5 Å². The van der Waals surface area contributed by atoms with Crippen LogP contribution in [0.3, 0.4) is 0 Å². The summed E-state index contributed by atoms with van der Waals surface area (Å²) in [4.78, 5) is 3.72. The number of nitrogen functional groups attached to an aromatic ring is 1. The molecular weight excluding hydrogens is 333 g/mol. The van der Waals surface area contributed by atoms with E-state index in [1.54, 1.807) is 18.2 Å². The van der Waals surface area contributed by atoms with E-state index in [1.165, 1.54) is 18.3 Å². The third-order valence-corrected chi connectivity index (χ3v) is 4.89. The van der Waals surface area contributed by atoms with Crippen LogP contribution in [0.2, 0.25) is 10.0 Å². The molecule has 0 fully saturated rings. The van der Waals surface area contributed by atoms with Crippen LogP contribution in [0.15, 0.2) is 41.4 Å². The molecule has 5 nitrogen and oxygen atoms in total. The van der Waals surface area contributed by atoms with E-state index in [0.717, 1.165) is 5.56 Å². The average molecular weight is 346 g/mol. The van der Waals surface area contributed by atoms with Crippen LogP contribution in [0.4, 0.5) is 5.82 Å². The molecule has 0 amide bonds. The molecule has 0 bridgehead atoms. The Morgan fingerprint density at radius 3 is 2.67 bits per heavy atom. The van der Waals surface area contributed by atoms with E-state index in [4.69, 9.17) is 28.9 Å². The summed E-state index contributed by atoms with van der Waals surface area (Å²) in [7, 11) is -3.69. The number of anilines is 1. The molecule has 0 saturated carbocycles. The average Bonchev–Trinajstić information content (AvgIpc) is 2.41. The largest absolute Gasteiger partial charge is 0.383 e. The second kappa shape index (κ2) is 6.62. The van der Waals surface area contributed by atoms with Crippen LogP contribution >= 0.6 is 23.2 Å². The number of hydrogen-bond donors (Lipinski definition) is 2.